The molecule has 0 bridgehead atoms. The lowest BCUT2D eigenvalue weighted by atomic mass is 9.74. The average Bonchev–Trinajstić information content (AvgIpc) is 3.31. The number of benzene rings is 3. The Kier molecular flexibility index (Phi) is 6.06. The fraction of sp³-hybridized carbons (Fsp3) is 0.192. The van der Waals surface area contributed by atoms with E-state index in [1.54, 1.807) is 12.1 Å². The van der Waals surface area contributed by atoms with Gasteiger partial charge in [-0.3, -0.25) is 10.1 Å². The van der Waals surface area contributed by atoms with Gasteiger partial charge in [0.05, 0.1) is 16.5 Å². The van der Waals surface area contributed by atoms with Crippen LogP contribution in [-0.4, -0.2) is 11.2 Å². The van der Waals surface area contributed by atoms with Crippen molar-refractivity contribution < 1.29 is 14.4 Å². The van der Waals surface area contributed by atoms with Gasteiger partial charge in [-0.05, 0) is 28.8 Å². The van der Waals surface area contributed by atoms with Gasteiger partial charge in [-0.25, -0.2) is 10.9 Å². The predicted octanol–water partition coefficient (Wildman–Crippen LogP) is 3.77. The molecule has 0 radical (unpaired) electrons. The van der Waals surface area contributed by atoms with Gasteiger partial charge in [0.15, 0.2) is 6.23 Å². The molecule has 1 saturated heterocycles. The van der Waals surface area contributed by atoms with E-state index in [0.717, 1.165) is 22.4 Å². The van der Waals surface area contributed by atoms with Crippen molar-refractivity contribution in [3.05, 3.63) is 117 Å². The van der Waals surface area contributed by atoms with Gasteiger partial charge in [-0.2, -0.15) is 5.26 Å². The highest BCUT2D eigenvalue weighted by molar-refractivity contribution is 5.45. The maximum Gasteiger partial charge on any atom is 0.269 e. The first-order chi connectivity index (χ1) is 17.0. The van der Waals surface area contributed by atoms with Crippen LogP contribution >= 0.6 is 0 Å². The molecule has 9 nitrogen and oxygen atoms in total. The highest BCUT2D eigenvalue weighted by Gasteiger charge is 2.49. The van der Waals surface area contributed by atoms with Crippen molar-refractivity contribution in [1.82, 2.24) is 10.9 Å². The molecule has 0 aliphatic carbocycles. The van der Waals surface area contributed by atoms with Crippen LogP contribution in [0.5, 0.6) is 5.75 Å². The number of hydrogen-bond donors (Lipinski definition) is 3. The molecule has 2 aliphatic rings. The lowest BCUT2D eigenvalue weighted by Gasteiger charge is -2.35. The molecule has 2 heterocycles. The Morgan fingerprint density at radius 2 is 1.69 bits per heavy atom. The Bertz CT molecular complexity index is 1290. The van der Waals surface area contributed by atoms with E-state index in [1.807, 2.05) is 54.6 Å². The van der Waals surface area contributed by atoms with Crippen molar-refractivity contribution in [2.45, 2.75) is 24.8 Å². The van der Waals surface area contributed by atoms with Crippen molar-refractivity contribution >= 4 is 5.69 Å². The third kappa shape index (κ3) is 4.40. The van der Waals surface area contributed by atoms with Crippen LogP contribution in [0.15, 0.2) is 90.3 Å². The largest absolute Gasteiger partial charge is 0.489 e. The predicted molar refractivity (Wildman–Crippen MR) is 127 cm³/mol. The molecule has 0 saturated carbocycles. The van der Waals surface area contributed by atoms with Gasteiger partial charge in [-0.1, -0.05) is 54.6 Å². The number of nitrogens with two attached hydrogens (primary N) is 1. The minimum atomic E-state index is -0.480. The molecule has 2 aliphatic heterocycles. The quantitative estimate of drug-likeness (QED) is 0.367. The van der Waals surface area contributed by atoms with Crippen molar-refractivity contribution in [3.8, 4) is 11.8 Å². The molecule has 4 atom stereocenters. The highest BCUT2D eigenvalue weighted by Crippen LogP contribution is 2.47. The van der Waals surface area contributed by atoms with Crippen molar-refractivity contribution in [2.24, 2.45) is 11.7 Å². The first-order valence-electron chi connectivity index (χ1n) is 11.1. The zero-order valence-corrected chi connectivity index (χ0v) is 18.6. The Hall–Kier alpha value is -4.39. The van der Waals surface area contributed by atoms with Crippen LogP contribution in [0.2, 0.25) is 0 Å². The molecule has 4 unspecified atom stereocenters. The summed E-state index contributed by atoms with van der Waals surface area (Å²) in [5, 5.41) is 21.0. The fourth-order valence-electron chi connectivity index (χ4n) is 4.70. The van der Waals surface area contributed by atoms with Gasteiger partial charge in [-0.15, -0.1) is 0 Å². The molecular formula is C26H23N5O4. The smallest absolute Gasteiger partial charge is 0.269 e. The van der Waals surface area contributed by atoms with Crippen molar-refractivity contribution in [2.75, 3.05) is 0 Å². The minimum absolute atomic E-state index is 0.0156. The highest BCUT2D eigenvalue weighted by atomic mass is 16.6. The first kappa shape index (κ1) is 22.4. The van der Waals surface area contributed by atoms with E-state index in [1.165, 1.54) is 12.1 Å². The van der Waals surface area contributed by atoms with Gasteiger partial charge in [0, 0.05) is 24.0 Å². The molecule has 0 spiro atoms. The number of hydrazine groups is 1. The third-order valence-electron chi connectivity index (χ3n) is 6.40. The number of fused-ring (bicyclic) bond motifs is 1. The topological polar surface area (TPSA) is 135 Å². The lowest BCUT2D eigenvalue weighted by molar-refractivity contribution is -0.384. The molecule has 176 valence electrons. The number of nitro benzene ring substituents is 1. The molecule has 5 rings (SSSR count). The summed E-state index contributed by atoms with van der Waals surface area (Å²) < 4.78 is 11.7. The first-order valence-corrected chi connectivity index (χ1v) is 11.1. The van der Waals surface area contributed by atoms with Gasteiger partial charge in [0.25, 0.3) is 5.69 Å². The summed E-state index contributed by atoms with van der Waals surface area (Å²) in [6.07, 6.45) is -0.480. The Morgan fingerprint density at radius 1 is 1.00 bits per heavy atom. The second-order valence-electron chi connectivity index (χ2n) is 8.44. The number of hydrogen-bond acceptors (Lipinski definition) is 8. The van der Waals surface area contributed by atoms with Crippen LogP contribution in [0.1, 0.15) is 28.7 Å². The zero-order chi connectivity index (χ0) is 24.4. The van der Waals surface area contributed by atoms with E-state index in [4.69, 9.17) is 15.2 Å². The number of ether oxygens (including phenoxy) is 2. The van der Waals surface area contributed by atoms with E-state index in [9.17, 15) is 15.4 Å². The van der Waals surface area contributed by atoms with Gasteiger partial charge in [0.2, 0.25) is 5.88 Å². The number of nitrogens with one attached hydrogen (secondary N) is 2. The molecule has 9 heteroatoms. The summed E-state index contributed by atoms with van der Waals surface area (Å²) in [4.78, 5) is 10.7. The Balaban J connectivity index is 1.41. The summed E-state index contributed by atoms with van der Waals surface area (Å²) >= 11 is 0. The van der Waals surface area contributed by atoms with E-state index in [0.29, 0.717) is 12.2 Å². The monoisotopic (exact) mass is 469 g/mol. The minimum Gasteiger partial charge on any atom is -0.489 e. The zero-order valence-electron chi connectivity index (χ0n) is 18.6. The molecule has 0 amide bonds. The van der Waals surface area contributed by atoms with Crippen molar-refractivity contribution in [1.29, 1.82) is 5.26 Å². The van der Waals surface area contributed by atoms with Gasteiger partial charge >= 0.3 is 0 Å². The fourth-order valence-corrected chi connectivity index (χ4v) is 4.70. The van der Waals surface area contributed by atoms with Crippen LogP contribution in [0.3, 0.4) is 0 Å². The standard InChI is InChI=1S/C26H23N5O4/c27-14-21-22(17-6-10-19(11-7-17)31(32)33)23-24(29-30-26(23)35-25(21)28)18-8-12-20(13-9-18)34-15-16-4-2-1-3-5-16/h1-13,22-24,26,29-30H,15,28H2. The number of nitrogens with zero attached hydrogens (tertiary/aromatic N) is 2. The van der Waals surface area contributed by atoms with E-state index in [2.05, 4.69) is 16.9 Å². The SMILES string of the molecule is N#CC1=C(N)OC2NNC(c3ccc(OCc4ccccc4)cc3)C2C1c1ccc([N+](=O)[O-])cc1. The van der Waals surface area contributed by atoms with Gasteiger partial charge < -0.3 is 15.2 Å². The Morgan fingerprint density at radius 3 is 2.34 bits per heavy atom. The van der Waals surface area contributed by atoms with E-state index in [-0.39, 0.29) is 23.5 Å². The maximum atomic E-state index is 11.1. The average molecular weight is 470 g/mol. The van der Waals surface area contributed by atoms with Gasteiger partial charge in [0.1, 0.15) is 18.4 Å². The summed E-state index contributed by atoms with van der Waals surface area (Å²) in [6, 6.07) is 25.9. The molecule has 4 N–H and O–H groups in total. The van der Waals surface area contributed by atoms with E-state index >= 15 is 0 Å². The summed E-state index contributed by atoms with van der Waals surface area (Å²) in [5.74, 6) is 0.154. The van der Waals surface area contributed by atoms with Crippen LogP contribution < -0.4 is 21.3 Å². The van der Waals surface area contributed by atoms with E-state index < -0.39 is 17.1 Å². The number of nitriles is 1. The second-order valence-corrected chi connectivity index (χ2v) is 8.44. The maximum absolute atomic E-state index is 11.1. The number of nitro groups is 1. The summed E-state index contributed by atoms with van der Waals surface area (Å²) in [5.41, 5.74) is 15.6. The molecule has 1 fully saturated rings. The summed E-state index contributed by atoms with van der Waals surface area (Å²) in [7, 11) is 0. The third-order valence-corrected chi connectivity index (χ3v) is 6.40. The molecular weight excluding hydrogens is 446 g/mol. The number of rotatable bonds is 6. The molecule has 3 aromatic rings. The lowest BCUT2D eigenvalue weighted by Crippen LogP contribution is -2.40. The second kappa shape index (κ2) is 9.46. The van der Waals surface area contributed by atoms with Crippen LogP contribution in [0, 0.1) is 27.4 Å². The number of allylic oxidation sites excluding steroid dienone is 1. The van der Waals surface area contributed by atoms with Crippen LogP contribution in [-0.2, 0) is 11.3 Å². The van der Waals surface area contributed by atoms with Crippen LogP contribution in [0.25, 0.3) is 0 Å². The Labute approximate surface area is 201 Å². The number of non-ortho nitro benzene ring substituents is 1. The summed E-state index contributed by atoms with van der Waals surface area (Å²) in [6.45, 7) is 0.472. The normalized spacial score (nSPS) is 23.2. The molecule has 0 aromatic heterocycles. The molecule has 35 heavy (non-hydrogen) atoms. The molecule has 3 aromatic carbocycles. The van der Waals surface area contributed by atoms with Crippen molar-refractivity contribution in [3.63, 3.8) is 0 Å². The van der Waals surface area contributed by atoms with Crippen LogP contribution in [0.4, 0.5) is 5.69 Å².